The lowest BCUT2D eigenvalue weighted by atomic mass is 9.88. The van der Waals surface area contributed by atoms with Gasteiger partial charge in [-0.2, -0.15) is 0 Å². The molecule has 0 aromatic carbocycles. The number of hydrogen-bond donors (Lipinski definition) is 1. The van der Waals surface area contributed by atoms with Crippen molar-refractivity contribution in [3.8, 4) is 0 Å². The van der Waals surface area contributed by atoms with Crippen LogP contribution >= 0.6 is 15.9 Å². The summed E-state index contributed by atoms with van der Waals surface area (Å²) < 4.78 is 11.6. The van der Waals surface area contributed by atoms with Crippen LogP contribution in [0.4, 0.5) is 0 Å². The molecule has 0 aliphatic heterocycles. The number of carbonyl (C=O) groups excluding carboxylic acids is 1. The molecule has 1 aliphatic rings. The molecule has 1 N–H and O–H groups in total. The molecule has 1 aromatic rings. The van der Waals surface area contributed by atoms with Gasteiger partial charge in [0.15, 0.2) is 0 Å². The number of ether oxygens (including phenoxy) is 1. The van der Waals surface area contributed by atoms with Crippen LogP contribution in [0, 0.1) is 5.92 Å². The van der Waals surface area contributed by atoms with E-state index in [9.17, 15) is 4.79 Å². The first-order valence-electron chi connectivity index (χ1n) is 6.81. The highest BCUT2D eigenvalue weighted by Gasteiger charge is 2.21. The van der Waals surface area contributed by atoms with Gasteiger partial charge >= 0.3 is 0 Å². The van der Waals surface area contributed by atoms with E-state index < -0.39 is 0 Å². The molecule has 0 radical (unpaired) electrons. The molecule has 4 nitrogen and oxygen atoms in total. The Morgan fingerprint density at radius 3 is 3.00 bits per heavy atom. The third-order valence-electron chi connectivity index (χ3n) is 3.58. The van der Waals surface area contributed by atoms with Gasteiger partial charge in [-0.3, -0.25) is 4.79 Å². The molecule has 1 aromatic heterocycles. The predicted molar refractivity (Wildman–Crippen MR) is 76.1 cm³/mol. The smallest absolute Gasteiger partial charge is 0.288 e. The second-order valence-corrected chi connectivity index (χ2v) is 5.88. The van der Waals surface area contributed by atoms with Crippen molar-refractivity contribution in [1.82, 2.24) is 5.32 Å². The summed E-state index contributed by atoms with van der Waals surface area (Å²) in [5.41, 5.74) is 0. The van der Waals surface area contributed by atoms with Crippen LogP contribution in [0.5, 0.6) is 0 Å². The molecule has 1 saturated carbocycles. The number of amides is 1. The van der Waals surface area contributed by atoms with Crippen LogP contribution in [0.25, 0.3) is 0 Å². The minimum absolute atomic E-state index is 0.211. The van der Waals surface area contributed by atoms with Gasteiger partial charge in [0.1, 0.15) is 0 Å². The third kappa shape index (κ3) is 4.08. The third-order valence-corrected chi connectivity index (χ3v) is 4.20. The summed E-state index contributed by atoms with van der Waals surface area (Å²) >= 11 is 3.26. The molecule has 0 bridgehead atoms. The largest absolute Gasteiger partial charge is 0.458 e. The van der Waals surface area contributed by atoms with Crippen LogP contribution in [0.3, 0.4) is 0 Å². The Bertz CT molecular complexity index is 419. The fraction of sp³-hybridized carbons (Fsp3) is 0.643. The van der Waals surface area contributed by atoms with E-state index in [2.05, 4.69) is 28.2 Å². The minimum atomic E-state index is -0.211. The summed E-state index contributed by atoms with van der Waals surface area (Å²) in [6.45, 7) is 3.30. The second-order valence-electron chi connectivity index (χ2n) is 5.02. The minimum Gasteiger partial charge on any atom is -0.458 e. The van der Waals surface area contributed by atoms with Crippen molar-refractivity contribution in [1.29, 1.82) is 0 Å². The van der Waals surface area contributed by atoms with E-state index >= 15 is 0 Å². The number of halogens is 1. The Hall–Kier alpha value is -0.810. The molecule has 0 spiro atoms. The molecule has 2 atom stereocenters. The highest BCUT2D eigenvalue weighted by molar-refractivity contribution is 9.10. The second kappa shape index (κ2) is 7.10. The number of rotatable bonds is 5. The average Bonchev–Trinajstić information content (AvgIpc) is 2.82. The van der Waals surface area contributed by atoms with E-state index in [1.165, 1.54) is 25.5 Å². The van der Waals surface area contributed by atoms with Crippen molar-refractivity contribution in [3.63, 3.8) is 0 Å². The van der Waals surface area contributed by atoms with Crippen molar-refractivity contribution in [3.05, 3.63) is 22.6 Å². The molecular weight excluding hydrogens is 310 g/mol. The van der Waals surface area contributed by atoms with E-state index in [-0.39, 0.29) is 5.91 Å². The van der Waals surface area contributed by atoms with Gasteiger partial charge in [-0.25, -0.2) is 0 Å². The van der Waals surface area contributed by atoms with Crippen LogP contribution in [0.15, 0.2) is 21.2 Å². The molecule has 2 rings (SSSR count). The number of furan rings is 1. The van der Waals surface area contributed by atoms with E-state index in [0.717, 1.165) is 6.42 Å². The van der Waals surface area contributed by atoms with Gasteiger partial charge in [0.05, 0.1) is 23.4 Å². The lowest BCUT2D eigenvalue weighted by Gasteiger charge is -2.28. The molecule has 1 aliphatic carbocycles. The van der Waals surface area contributed by atoms with Gasteiger partial charge < -0.3 is 14.5 Å². The normalized spacial score (nSPS) is 23.3. The summed E-state index contributed by atoms with van der Waals surface area (Å²) in [5, 5.41) is 2.79. The van der Waals surface area contributed by atoms with E-state index in [0.29, 0.717) is 35.4 Å². The summed E-state index contributed by atoms with van der Waals surface area (Å²) in [7, 11) is 0. The van der Waals surface area contributed by atoms with Crippen LogP contribution < -0.4 is 5.32 Å². The average molecular weight is 330 g/mol. The van der Waals surface area contributed by atoms with Crippen molar-refractivity contribution < 1.29 is 13.9 Å². The predicted octanol–water partition coefficient (Wildman–Crippen LogP) is 3.37. The summed E-state index contributed by atoms with van der Waals surface area (Å²) in [4.78, 5) is 11.8. The summed E-state index contributed by atoms with van der Waals surface area (Å²) in [5.74, 6) is 0.729. The van der Waals surface area contributed by atoms with E-state index in [4.69, 9.17) is 9.15 Å². The molecular formula is C14H20BrNO3. The highest BCUT2D eigenvalue weighted by Crippen LogP contribution is 2.26. The Kier molecular flexibility index (Phi) is 5.45. The van der Waals surface area contributed by atoms with Gasteiger partial charge in [-0.05, 0) is 40.8 Å². The van der Waals surface area contributed by atoms with Crippen molar-refractivity contribution in [2.45, 2.75) is 38.7 Å². The molecule has 1 fully saturated rings. The van der Waals surface area contributed by atoms with Gasteiger partial charge in [0.25, 0.3) is 5.91 Å². The molecule has 5 heteroatoms. The van der Waals surface area contributed by atoms with Crippen LogP contribution in [0.1, 0.15) is 43.2 Å². The molecule has 0 unspecified atom stereocenters. The molecule has 0 saturated heterocycles. The van der Waals surface area contributed by atoms with Gasteiger partial charge in [0.2, 0.25) is 5.76 Å². The fourth-order valence-corrected chi connectivity index (χ4v) is 2.82. The Balaban J connectivity index is 1.67. The SMILES string of the molecule is C[C@H]1CCCC[C@H]1OCCNC(=O)c1occc1Br. The Morgan fingerprint density at radius 1 is 1.53 bits per heavy atom. The first-order chi connectivity index (χ1) is 9.18. The van der Waals surface area contributed by atoms with Crippen LogP contribution in [0.2, 0.25) is 0 Å². The molecule has 106 valence electrons. The summed E-state index contributed by atoms with van der Waals surface area (Å²) in [6.07, 6.45) is 6.78. The number of nitrogens with one attached hydrogen (secondary N) is 1. The zero-order valence-electron chi connectivity index (χ0n) is 11.2. The highest BCUT2D eigenvalue weighted by atomic mass is 79.9. The van der Waals surface area contributed by atoms with Crippen LogP contribution in [-0.2, 0) is 4.74 Å². The monoisotopic (exact) mass is 329 g/mol. The maximum atomic E-state index is 11.8. The first kappa shape index (κ1) is 14.6. The zero-order chi connectivity index (χ0) is 13.7. The topological polar surface area (TPSA) is 51.5 Å². The van der Waals surface area contributed by atoms with Gasteiger partial charge in [0, 0.05) is 6.54 Å². The van der Waals surface area contributed by atoms with Gasteiger partial charge in [-0.1, -0.05) is 19.8 Å². The molecule has 1 heterocycles. The van der Waals surface area contributed by atoms with Gasteiger partial charge in [-0.15, -0.1) is 0 Å². The lowest BCUT2D eigenvalue weighted by Crippen LogP contribution is -2.31. The maximum absolute atomic E-state index is 11.8. The van der Waals surface area contributed by atoms with Crippen molar-refractivity contribution >= 4 is 21.8 Å². The van der Waals surface area contributed by atoms with Crippen molar-refractivity contribution in [2.24, 2.45) is 5.92 Å². The lowest BCUT2D eigenvalue weighted by molar-refractivity contribution is -0.00300. The zero-order valence-corrected chi connectivity index (χ0v) is 12.7. The van der Waals surface area contributed by atoms with Crippen LogP contribution in [-0.4, -0.2) is 25.2 Å². The maximum Gasteiger partial charge on any atom is 0.288 e. The Labute approximate surface area is 122 Å². The number of carbonyl (C=O) groups is 1. The first-order valence-corrected chi connectivity index (χ1v) is 7.60. The fourth-order valence-electron chi connectivity index (χ4n) is 2.44. The molecule has 1 amide bonds. The van der Waals surface area contributed by atoms with E-state index in [1.807, 2.05) is 0 Å². The standard InChI is InChI=1S/C14H20BrNO3/c1-10-4-2-3-5-12(10)18-9-7-16-14(17)13-11(15)6-8-19-13/h6,8,10,12H,2-5,7,9H2,1H3,(H,16,17)/t10-,12+/m0/s1. The Morgan fingerprint density at radius 2 is 2.32 bits per heavy atom. The van der Waals surface area contributed by atoms with Crippen molar-refractivity contribution in [2.75, 3.05) is 13.2 Å². The summed E-state index contributed by atoms with van der Waals surface area (Å²) in [6, 6.07) is 1.70. The van der Waals surface area contributed by atoms with E-state index in [1.54, 1.807) is 6.07 Å². The number of hydrogen-bond acceptors (Lipinski definition) is 3. The quantitative estimate of drug-likeness (QED) is 0.842. The molecule has 19 heavy (non-hydrogen) atoms.